The average Bonchev–Trinajstić information content (AvgIpc) is 3.07. The number of halogens is 2. The Labute approximate surface area is 138 Å². The topological polar surface area (TPSA) is 52.3 Å². The molecule has 22 heavy (non-hydrogen) atoms. The Hall–Kier alpha value is -1.68. The van der Waals surface area contributed by atoms with Crippen molar-refractivity contribution in [3.8, 4) is 0 Å². The average molecular weight is 336 g/mol. The van der Waals surface area contributed by atoms with Gasteiger partial charge in [0.2, 0.25) is 0 Å². The van der Waals surface area contributed by atoms with Crippen LogP contribution < -0.4 is 5.73 Å². The number of aryl methyl sites for hydroxylation is 2. The van der Waals surface area contributed by atoms with Gasteiger partial charge < -0.3 is 14.6 Å². The van der Waals surface area contributed by atoms with Gasteiger partial charge in [0.05, 0.1) is 6.26 Å². The summed E-state index contributed by atoms with van der Waals surface area (Å²) in [5, 5.41) is 0.504. The molecule has 0 bridgehead atoms. The van der Waals surface area contributed by atoms with E-state index in [1.165, 1.54) is 6.26 Å². The first-order valence-electron chi connectivity index (χ1n) is 6.79. The Morgan fingerprint density at radius 2 is 1.77 bits per heavy atom. The van der Waals surface area contributed by atoms with E-state index >= 15 is 0 Å². The molecule has 3 rings (SSSR count). The van der Waals surface area contributed by atoms with Crippen LogP contribution in [0.1, 0.15) is 28.0 Å². The van der Waals surface area contributed by atoms with Gasteiger partial charge in [-0.05, 0) is 66.4 Å². The highest BCUT2D eigenvalue weighted by atomic mass is 35.5. The third-order valence-corrected chi connectivity index (χ3v) is 4.31. The second-order valence-electron chi connectivity index (χ2n) is 5.34. The van der Waals surface area contributed by atoms with Gasteiger partial charge >= 0.3 is 0 Å². The first-order valence-corrected chi connectivity index (χ1v) is 7.54. The highest BCUT2D eigenvalue weighted by Gasteiger charge is 2.39. The molecule has 0 radical (unpaired) electrons. The molecule has 0 saturated heterocycles. The van der Waals surface area contributed by atoms with Crippen LogP contribution in [0, 0.1) is 13.8 Å². The van der Waals surface area contributed by atoms with Gasteiger partial charge in [0.25, 0.3) is 0 Å². The van der Waals surface area contributed by atoms with Crippen molar-refractivity contribution in [2.24, 2.45) is 5.73 Å². The minimum atomic E-state index is -1.07. The van der Waals surface area contributed by atoms with E-state index in [0.717, 1.165) is 16.7 Å². The molecular weight excluding hydrogens is 321 g/mol. The molecule has 2 heterocycles. The number of benzene rings is 1. The van der Waals surface area contributed by atoms with Crippen molar-refractivity contribution in [1.82, 2.24) is 0 Å². The first-order chi connectivity index (χ1) is 10.4. The summed E-state index contributed by atoms with van der Waals surface area (Å²) >= 11 is 12.1. The third-order valence-electron chi connectivity index (χ3n) is 3.81. The molecule has 2 aromatic heterocycles. The molecule has 0 aliphatic heterocycles. The lowest BCUT2D eigenvalue weighted by Gasteiger charge is -2.29. The van der Waals surface area contributed by atoms with E-state index in [0.29, 0.717) is 11.3 Å². The van der Waals surface area contributed by atoms with Gasteiger partial charge in [-0.2, -0.15) is 0 Å². The normalized spacial score (nSPS) is 14.0. The molecular formula is C17H15Cl2NO2. The Morgan fingerprint density at radius 3 is 2.32 bits per heavy atom. The highest BCUT2D eigenvalue weighted by Crippen LogP contribution is 2.41. The molecule has 1 atom stereocenters. The van der Waals surface area contributed by atoms with E-state index in [1.54, 1.807) is 18.2 Å². The van der Waals surface area contributed by atoms with E-state index in [2.05, 4.69) is 6.07 Å². The number of rotatable bonds is 3. The molecule has 0 saturated carbocycles. The van der Waals surface area contributed by atoms with E-state index in [1.807, 2.05) is 26.0 Å². The summed E-state index contributed by atoms with van der Waals surface area (Å²) in [5.41, 5.74) is 9.40. The Kier molecular flexibility index (Phi) is 3.81. The number of hydrogen-bond acceptors (Lipinski definition) is 3. The van der Waals surface area contributed by atoms with Crippen LogP contribution in [0.25, 0.3) is 0 Å². The van der Waals surface area contributed by atoms with E-state index in [9.17, 15) is 0 Å². The summed E-state index contributed by atoms with van der Waals surface area (Å²) < 4.78 is 10.8. The number of hydrogen-bond donors (Lipinski definition) is 1. The summed E-state index contributed by atoms with van der Waals surface area (Å²) in [6.07, 6.45) is 1.51. The molecule has 0 aliphatic rings. The predicted octanol–water partition coefficient (Wildman–Crippen LogP) is 5.05. The van der Waals surface area contributed by atoms with Crippen molar-refractivity contribution < 1.29 is 8.83 Å². The fraction of sp³-hybridized carbons (Fsp3) is 0.176. The molecule has 0 fully saturated rings. The fourth-order valence-corrected chi connectivity index (χ4v) is 3.18. The maximum atomic E-state index is 6.77. The molecule has 0 aliphatic carbocycles. The maximum Gasteiger partial charge on any atom is 0.198 e. The summed E-state index contributed by atoms with van der Waals surface area (Å²) in [5.74, 6) is 0.507. The standard InChI is InChI=1S/C17H15Cl2NO2/c1-10-3-4-12(11(2)9-10)17(20,13-7-8-21-16(13)19)14-5-6-15(18)22-14/h3-9H,20H2,1-2H3. The Morgan fingerprint density at radius 1 is 1.00 bits per heavy atom. The molecule has 3 nitrogen and oxygen atoms in total. The molecule has 0 spiro atoms. The Bertz CT molecular complexity index is 822. The summed E-state index contributed by atoms with van der Waals surface area (Å²) in [7, 11) is 0. The van der Waals surface area contributed by atoms with Gasteiger partial charge in [-0.15, -0.1) is 0 Å². The highest BCUT2D eigenvalue weighted by molar-refractivity contribution is 6.30. The molecule has 114 valence electrons. The molecule has 2 N–H and O–H groups in total. The quantitative estimate of drug-likeness (QED) is 0.728. The van der Waals surface area contributed by atoms with Crippen molar-refractivity contribution in [2.75, 3.05) is 0 Å². The summed E-state index contributed by atoms with van der Waals surface area (Å²) in [6.45, 7) is 4.03. The van der Waals surface area contributed by atoms with Crippen LogP contribution in [-0.2, 0) is 5.54 Å². The second-order valence-corrected chi connectivity index (χ2v) is 6.05. The molecule has 1 aromatic carbocycles. The lowest BCUT2D eigenvalue weighted by atomic mass is 9.80. The lowest BCUT2D eigenvalue weighted by Crippen LogP contribution is -2.39. The predicted molar refractivity (Wildman–Crippen MR) is 87.4 cm³/mol. The van der Waals surface area contributed by atoms with Crippen LogP contribution >= 0.6 is 23.2 Å². The van der Waals surface area contributed by atoms with Crippen LogP contribution in [0.5, 0.6) is 0 Å². The van der Waals surface area contributed by atoms with Crippen LogP contribution in [-0.4, -0.2) is 0 Å². The van der Waals surface area contributed by atoms with Crippen molar-refractivity contribution in [1.29, 1.82) is 0 Å². The zero-order chi connectivity index (χ0) is 15.9. The van der Waals surface area contributed by atoms with Gasteiger partial charge in [-0.25, -0.2) is 0 Å². The van der Waals surface area contributed by atoms with Gasteiger partial charge in [0.15, 0.2) is 10.4 Å². The van der Waals surface area contributed by atoms with Crippen molar-refractivity contribution in [3.05, 3.63) is 81.1 Å². The zero-order valence-corrected chi connectivity index (χ0v) is 13.7. The zero-order valence-electron chi connectivity index (χ0n) is 12.2. The van der Waals surface area contributed by atoms with Crippen molar-refractivity contribution in [2.45, 2.75) is 19.4 Å². The van der Waals surface area contributed by atoms with Crippen molar-refractivity contribution >= 4 is 23.2 Å². The van der Waals surface area contributed by atoms with Crippen LogP contribution in [0.2, 0.25) is 10.4 Å². The van der Waals surface area contributed by atoms with Crippen LogP contribution in [0.3, 0.4) is 0 Å². The molecule has 3 aromatic rings. The molecule has 5 heteroatoms. The van der Waals surface area contributed by atoms with Crippen LogP contribution in [0.4, 0.5) is 0 Å². The van der Waals surface area contributed by atoms with Gasteiger partial charge in [0, 0.05) is 5.56 Å². The minimum Gasteiger partial charge on any atom is -0.453 e. The van der Waals surface area contributed by atoms with Gasteiger partial charge in [-0.3, -0.25) is 0 Å². The SMILES string of the molecule is Cc1ccc(C(N)(c2ccc(Cl)o2)c2ccoc2Cl)c(C)c1. The minimum absolute atomic E-state index is 0.231. The molecule has 0 amide bonds. The summed E-state index contributed by atoms with van der Waals surface area (Å²) in [4.78, 5) is 0. The van der Waals surface area contributed by atoms with Crippen molar-refractivity contribution in [3.63, 3.8) is 0 Å². The number of nitrogens with two attached hydrogens (primary N) is 1. The second kappa shape index (κ2) is 5.51. The monoisotopic (exact) mass is 335 g/mol. The molecule has 1 unspecified atom stereocenters. The fourth-order valence-electron chi connectivity index (χ4n) is 2.77. The maximum absolute atomic E-state index is 6.77. The summed E-state index contributed by atoms with van der Waals surface area (Å²) in [6, 6.07) is 11.2. The third kappa shape index (κ3) is 2.35. The van der Waals surface area contributed by atoms with E-state index in [-0.39, 0.29) is 10.4 Å². The smallest absolute Gasteiger partial charge is 0.198 e. The van der Waals surface area contributed by atoms with E-state index in [4.69, 9.17) is 37.8 Å². The van der Waals surface area contributed by atoms with Gasteiger partial charge in [0.1, 0.15) is 11.3 Å². The largest absolute Gasteiger partial charge is 0.453 e. The van der Waals surface area contributed by atoms with Gasteiger partial charge in [-0.1, -0.05) is 23.8 Å². The van der Waals surface area contributed by atoms with Crippen LogP contribution in [0.15, 0.2) is 51.5 Å². The van der Waals surface area contributed by atoms with E-state index < -0.39 is 5.54 Å². The first kappa shape index (κ1) is 15.2. The number of furan rings is 2. The lowest BCUT2D eigenvalue weighted by molar-refractivity contribution is 0.432. The Balaban J connectivity index is 2.30.